The molecule has 72 valence electrons. The summed E-state index contributed by atoms with van der Waals surface area (Å²) in [4.78, 5) is 11.7. The summed E-state index contributed by atoms with van der Waals surface area (Å²) in [5.41, 5.74) is 0. The lowest BCUT2D eigenvalue weighted by molar-refractivity contribution is -0.136. The van der Waals surface area contributed by atoms with Gasteiger partial charge < -0.3 is 5.11 Å². The molecule has 0 radical (unpaired) electrons. The Morgan fingerprint density at radius 1 is 1.85 bits per heavy atom. The maximum Gasteiger partial charge on any atom is 0.316 e. The van der Waals surface area contributed by atoms with Gasteiger partial charge >= 0.3 is 5.97 Å². The highest BCUT2D eigenvalue weighted by Gasteiger charge is 2.11. The molecule has 1 unspecified atom stereocenters. The molecule has 0 aromatic carbocycles. The first-order valence-electron chi connectivity index (χ1n) is 3.67. The maximum atomic E-state index is 10.5. The Hall–Kier alpha value is -0.000000000000000111. The minimum absolute atomic E-state index is 0.333. The number of hydrogen-bond donors (Lipinski definition) is 1. The van der Waals surface area contributed by atoms with Crippen LogP contribution in [-0.4, -0.2) is 16.3 Å². The molecule has 1 atom stereocenters. The van der Waals surface area contributed by atoms with Gasteiger partial charge in [0.2, 0.25) is 0 Å². The zero-order valence-electron chi connectivity index (χ0n) is 6.99. The van der Waals surface area contributed by atoms with Crippen LogP contribution in [0, 0.1) is 0 Å². The maximum absolute atomic E-state index is 10.5. The lowest BCUT2D eigenvalue weighted by atomic mass is 10.5. The van der Waals surface area contributed by atoms with E-state index in [0.717, 1.165) is 10.2 Å². The van der Waals surface area contributed by atoms with E-state index < -0.39 is 5.97 Å². The lowest BCUT2D eigenvalue weighted by Crippen LogP contribution is -2.11. The zero-order valence-corrected chi connectivity index (χ0v) is 10.2. The third kappa shape index (κ3) is 3.70. The van der Waals surface area contributed by atoms with Crippen molar-refractivity contribution in [3.05, 3.63) is 20.8 Å². The van der Waals surface area contributed by atoms with Gasteiger partial charge in [0.1, 0.15) is 0 Å². The van der Waals surface area contributed by atoms with Crippen LogP contribution in [0.4, 0.5) is 0 Å². The molecule has 1 aromatic heterocycles. The highest BCUT2D eigenvalue weighted by Crippen LogP contribution is 2.25. The SMILES string of the molecule is CC(SCc1cc(Br)cs1)C(=O)O. The van der Waals surface area contributed by atoms with Crippen molar-refractivity contribution in [1.29, 1.82) is 0 Å². The van der Waals surface area contributed by atoms with Gasteiger partial charge in [-0.3, -0.25) is 4.79 Å². The Bertz CT molecular complexity index is 298. The molecule has 1 rings (SSSR count). The highest BCUT2D eigenvalue weighted by atomic mass is 79.9. The minimum atomic E-state index is -0.749. The van der Waals surface area contributed by atoms with E-state index in [9.17, 15) is 4.79 Å². The van der Waals surface area contributed by atoms with Crippen LogP contribution in [0.3, 0.4) is 0 Å². The molecule has 2 nitrogen and oxygen atoms in total. The first kappa shape index (κ1) is 11.1. The summed E-state index contributed by atoms with van der Waals surface area (Å²) in [6.45, 7) is 1.70. The Morgan fingerprint density at radius 2 is 2.54 bits per heavy atom. The van der Waals surface area contributed by atoms with E-state index in [-0.39, 0.29) is 5.25 Å². The van der Waals surface area contributed by atoms with Gasteiger partial charge in [0.15, 0.2) is 0 Å². The first-order chi connectivity index (χ1) is 6.09. The molecule has 0 bridgehead atoms. The van der Waals surface area contributed by atoms with Gasteiger partial charge in [-0.1, -0.05) is 0 Å². The fourth-order valence-electron chi connectivity index (χ4n) is 0.708. The summed E-state index contributed by atoms with van der Waals surface area (Å²) in [7, 11) is 0. The molecule has 0 spiro atoms. The summed E-state index contributed by atoms with van der Waals surface area (Å²) >= 11 is 6.44. The highest BCUT2D eigenvalue weighted by molar-refractivity contribution is 9.10. The second-order valence-electron chi connectivity index (χ2n) is 2.52. The van der Waals surface area contributed by atoms with Gasteiger partial charge in [0, 0.05) is 20.5 Å². The number of thioether (sulfide) groups is 1. The average molecular weight is 281 g/mol. The van der Waals surface area contributed by atoms with Gasteiger partial charge in [-0.2, -0.15) is 0 Å². The van der Waals surface area contributed by atoms with Gasteiger partial charge in [0.25, 0.3) is 0 Å². The van der Waals surface area contributed by atoms with Crippen LogP contribution < -0.4 is 0 Å². The fourth-order valence-corrected chi connectivity index (χ4v) is 3.06. The summed E-state index contributed by atoms with van der Waals surface area (Å²) in [6, 6.07) is 2.02. The van der Waals surface area contributed by atoms with Crippen molar-refractivity contribution >= 4 is 45.0 Å². The molecule has 1 aromatic rings. The molecule has 1 N–H and O–H groups in total. The van der Waals surface area contributed by atoms with Crippen molar-refractivity contribution in [1.82, 2.24) is 0 Å². The van der Waals surface area contributed by atoms with E-state index in [1.54, 1.807) is 18.3 Å². The standard InChI is InChI=1S/C8H9BrO2S2/c1-5(8(10)11)12-4-7-2-6(9)3-13-7/h2-3,5H,4H2,1H3,(H,10,11). The van der Waals surface area contributed by atoms with Crippen LogP contribution in [0.25, 0.3) is 0 Å². The number of aliphatic carboxylic acids is 1. The van der Waals surface area contributed by atoms with E-state index in [4.69, 9.17) is 5.11 Å². The van der Waals surface area contributed by atoms with Gasteiger partial charge in [-0.05, 0) is 28.9 Å². The molecular weight excluding hydrogens is 272 g/mol. The van der Waals surface area contributed by atoms with E-state index >= 15 is 0 Å². The predicted octanol–water partition coefficient (Wildman–Crippen LogP) is 3.22. The smallest absolute Gasteiger partial charge is 0.316 e. The summed E-state index contributed by atoms with van der Waals surface area (Å²) in [6.07, 6.45) is 0. The van der Waals surface area contributed by atoms with Crippen LogP contribution in [0.15, 0.2) is 15.9 Å². The molecule has 0 aliphatic carbocycles. The Balaban J connectivity index is 2.39. The van der Waals surface area contributed by atoms with E-state index in [2.05, 4.69) is 15.9 Å². The normalized spacial score (nSPS) is 12.8. The molecule has 13 heavy (non-hydrogen) atoms. The van der Waals surface area contributed by atoms with E-state index in [1.807, 2.05) is 11.4 Å². The summed E-state index contributed by atoms with van der Waals surface area (Å²) in [5.74, 6) is 0.0182. The number of carboxylic acid groups (broad SMARTS) is 1. The first-order valence-corrected chi connectivity index (χ1v) is 6.39. The molecule has 5 heteroatoms. The average Bonchev–Trinajstić information content (AvgIpc) is 2.47. The molecule has 0 saturated carbocycles. The van der Waals surface area contributed by atoms with Crippen molar-refractivity contribution in [3.8, 4) is 0 Å². The molecule has 0 aliphatic heterocycles. The van der Waals surface area contributed by atoms with Crippen molar-refractivity contribution in [3.63, 3.8) is 0 Å². The van der Waals surface area contributed by atoms with Gasteiger partial charge in [0.05, 0.1) is 5.25 Å². The van der Waals surface area contributed by atoms with Crippen LogP contribution >= 0.6 is 39.0 Å². The number of carbonyl (C=O) groups is 1. The molecule has 0 fully saturated rings. The zero-order chi connectivity index (χ0) is 9.84. The third-order valence-electron chi connectivity index (χ3n) is 1.45. The summed E-state index contributed by atoms with van der Waals surface area (Å²) < 4.78 is 1.07. The largest absolute Gasteiger partial charge is 0.480 e. The van der Waals surface area contributed by atoms with Crippen LogP contribution in [-0.2, 0) is 10.5 Å². The number of rotatable bonds is 4. The summed E-state index contributed by atoms with van der Waals surface area (Å²) in [5, 5.41) is 10.3. The predicted molar refractivity (Wildman–Crippen MR) is 60.4 cm³/mol. The van der Waals surface area contributed by atoms with E-state index in [1.165, 1.54) is 16.6 Å². The van der Waals surface area contributed by atoms with Crippen molar-refractivity contribution in [2.24, 2.45) is 0 Å². The van der Waals surface area contributed by atoms with Gasteiger partial charge in [-0.15, -0.1) is 23.1 Å². The second-order valence-corrected chi connectivity index (χ2v) is 5.76. The van der Waals surface area contributed by atoms with Crippen LogP contribution in [0.1, 0.15) is 11.8 Å². The monoisotopic (exact) mass is 280 g/mol. The Labute approximate surface area is 93.5 Å². The van der Waals surface area contributed by atoms with Crippen molar-refractivity contribution in [2.45, 2.75) is 17.9 Å². The number of thiophene rings is 1. The van der Waals surface area contributed by atoms with E-state index in [0.29, 0.717) is 0 Å². The van der Waals surface area contributed by atoms with Crippen molar-refractivity contribution in [2.75, 3.05) is 0 Å². The van der Waals surface area contributed by atoms with Crippen LogP contribution in [0.2, 0.25) is 0 Å². The number of carboxylic acids is 1. The third-order valence-corrected chi connectivity index (χ3v) is 4.50. The van der Waals surface area contributed by atoms with Crippen molar-refractivity contribution < 1.29 is 9.90 Å². The quantitative estimate of drug-likeness (QED) is 0.920. The fraction of sp³-hybridized carbons (Fsp3) is 0.375. The molecule has 0 amide bonds. The number of halogens is 1. The Morgan fingerprint density at radius 3 is 3.00 bits per heavy atom. The second kappa shape index (κ2) is 5.02. The molecule has 1 heterocycles. The Kier molecular flexibility index (Phi) is 4.28. The molecule has 0 saturated heterocycles. The van der Waals surface area contributed by atoms with Crippen LogP contribution in [0.5, 0.6) is 0 Å². The lowest BCUT2D eigenvalue weighted by Gasteiger charge is -2.03. The topological polar surface area (TPSA) is 37.3 Å². The molecular formula is C8H9BrO2S2. The molecule has 0 aliphatic rings. The minimum Gasteiger partial charge on any atom is -0.480 e. The number of hydrogen-bond acceptors (Lipinski definition) is 3. The van der Waals surface area contributed by atoms with Gasteiger partial charge in [-0.25, -0.2) is 0 Å².